The highest BCUT2D eigenvalue weighted by molar-refractivity contribution is 5.53. The summed E-state index contributed by atoms with van der Waals surface area (Å²) in [5.74, 6) is -0.232. The molecule has 8 nitrogen and oxygen atoms in total. The van der Waals surface area contributed by atoms with Gasteiger partial charge in [-0.15, -0.1) is 5.10 Å². The molecule has 1 aliphatic heterocycles. The van der Waals surface area contributed by atoms with Crippen molar-refractivity contribution in [1.29, 1.82) is 0 Å². The molecule has 0 radical (unpaired) electrons. The zero-order valence-electron chi connectivity index (χ0n) is 16.7. The predicted octanol–water partition coefficient (Wildman–Crippen LogP) is 3.46. The van der Waals surface area contributed by atoms with E-state index < -0.39 is 6.04 Å². The number of nitrogens with zero attached hydrogens (tertiary/aromatic N) is 6. The summed E-state index contributed by atoms with van der Waals surface area (Å²) in [4.78, 5) is 9.61. The number of aromatic nitrogens is 6. The van der Waals surface area contributed by atoms with E-state index in [-0.39, 0.29) is 11.6 Å². The second kappa shape index (κ2) is 7.26. The van der Waals surface area contributed by atoms with Crippen LogP contribution in [0.3, 0.4) is 0 Å². The van der Waals surface area contributed by atoms with E-state index in [4.69, 9.17) is 4.42 Å². The Morgan fingerprint density at radius 3 is 2.84 bits per heavy atom. The monoisotopic (exact) mass is 433 g/mol. The van der Waals surface area contributed by atoms with Gasteiger partial charge in [0.15, 0.2) is 0 Å². The highest BCUT2D eigenvalue weighted by atomic mass is 19.1. The standard InChI is InChI=1S/C22H17F2N7O/c23-14-5-3-13(4-6-14)10-19-27-28-22(32-19)30-9-7-16-20(26-12-25-16)21(30)17-11-18-15(24)2-1-8-31(18)29-17/h1-6,8,11-12,21H,7,9-10H2,(H,25,26). The van der Waals surface area contributed by atoms with E-state index in [9.17, 15) is 8.78 Å². The number of imidazole rings is 1. The number of benzene rings is 1. The van der Waals surface area contributed by atoms with E-state index >= 15 is 0 Å². The first-order valence-electron chi connectivity index (χ1n) is 10.1. The summed E-state index contributed by atoms with van der Waals surface area (Å²) in [6.07, 6.45) is 4.45. The quantitative estimate of drug-likeness (QED) is 0.467. The van der Waals surface area contributed by atoms with Crippen molar-refractivity contribution in [2.75, 3.05) is 11.4 Å². The molecule has 1 N–H and O–H groups in total. The average Bonchev–Trinajstić information content (AvgIpc) is 3.54. The Kier molecular flexibility index (Phi) is 4.23. The van der Waals surface area contributed by atoms with Crippen molar-refractivity contribution in [3.05, 3.63) is 95.2 Å². The third-order valence-electron chi connectivity index (χ3n) is 5.64. The number of fused-ring (bicyclic) bond motifs is 2. The molecule has 1 aromatic carbocycles. The molecule has 0 saturated heterocycles. The lowest BCUT2D eigenvalue weighted by Gasteiger charge is -2.32. The van der Waals surface area contributed by atoms with Crippen molar-refractivity contribution in [3.8, 4) is 0 Å². The highest BCUT2D eigenvalue weighted by Gasteiger charge is 2.36. The average molecular weight is 433 g/mol. The fraction of sp³-hybridized carbons (Fsp3) is 0.182. The summed E-state index contributed by atoms with van der Waals surface area (Å²) in [5, 5.41) is 13.0. The van der Waals surface area contributed by atoms with E-state index in [1.165, 1.54) is 22.7 Å². The first-order valence-corrected chi connectivity index (χ1v) is 10.1. The second-order valence-corrected chi connectivity index (χ2v) is 7.65. The predicted molar refractivity (Wildman–Crippen MR) is 110 cm³/mol. The van der Waals surface area contributed by atoms with Gasteiger partial charge in [0.1, 0.15) is 23.2 Å². The second-order valence-electron chi connectivity index (χ2n) is 7.65. The van der Waals surface area contributed by atoms with Crippen LogP contribution in [0.2, 0.25) is 0 Å². The molecule has 1 aliphatic rings. The van der Waals surface area contributed by atoms with Crippen LogP contribution >= 0.6 is 0 Å². The van der Waals surface area contributed by atoms with Crippen LogP contribution in [-0.4, -0.2) is 36.3 Å². The van der Waals surface area contributed by atoms with Gasteiger partial charge >= 0.3 is 6.01 Å². The van der Waals surface area contributed by atoms with Crippen LogP contribution in [0.25, 0.3) is 5.52 Å². The van der Waals surface area contributed by atoms with Crippen molar-refractivity contribution in [3.63, 3.8) is 0 Å². The minimum Gasteiger partial charge on any atom is -0.408 e. The summed E-state index contributed by atoms with van der Waals surface area (Å²) in [6.45, 7) is 0.592. The SMILES string of the molecule is Fc1ccc(Cc2nnc(N3CCc4[nH]cnc4C3c3cc4c(F)cccn4n3)o2)cc1. The zero-order valence-corrected chi connectivity index (χ0v) is 16.7. The molecule has 0 bridgehead atoms. The smallest absolute Gasteiger partial charge is 0.319 e. The van der Waals surface area contributed by atoms with Gasteiger partial charge in [0.2, 0.25) is 5.89 Å². The molecule has 0 saturated carbocycles. The number of halogens is 2. The maximum Gasteiger partial charge on any atom is 0.319 e. The van der Waals surface area contributed by atoms with Gasteiger partial charge in [0.05, 0.1) is 24.1 Å². The number of aromatic amines is 1. The first-order chi connectivity index (χ1) is 15.7. The minimum atomic E-state index is -0.413. The molecule has 5 aromatic rings. The van der Waals surface area contributed by atoms with Gasteiger partial charge in [-0.1, -0.05) is 17.2 Å². The van der Waals surface area contributed by atoms with Crippen LogP contribution in [0, 0.1) is 11.6 Å². The molecule has 6 rings (SSSR count). The van der Waals surface area contributed by atoms with Gasteiger partial charge in [0, 0.05) is 24.9 Å². The number of pyridine rings is 1. The normalized spacial score (nSPS) is 15.9. The van der Waals surface area contributed by atoms with Crippen LogP contribution in [0.15, 0.2) is 59.4 Å². The van der Waals surface area contributed by atoms with Gasteiger partial charge in [-0.2, -0.15) is 5.10 Å². The Hall–Kier alpha value is -4.08. The summed E-state index contributed by atoms with van der Waals surface area (Å²) < 4.78 is 34.9. The number of H-pyrrole nitrogens is 1. The summed E-state index contributed by atoms with van der Waals surface area (Å²) in [6, 6.07) is 10.8. The lowest BCUT2D eigenvalue weighted by molar-refractivity contribution is 0.468. The Labute approximate surface area is 180 Å². The molecule has 5 heterocycles. The molecule has 10 heteroatoms. The van der Waals surface area contributed by atoms with Crippen LogP contribution < -0.4 is 4.90 Å². The van der Waals surface area contributed by atoms with Crippen LogP contribution in [0.1, 0.15) is 34.6 Å². The number of hydrogen-bond acceptors (Lipinski definition) is 6. The van der Waals surface area contributed by atoms with E-state index in [2.05, 4.69) is 25.3 Å². The van der Waals surface area contributed by atoms with Gasteiger partial charge in [0.25, 0.3) is 0 Å². The molecule has 0 amide bonds. The van der Waals surface area contributed by atoms with Gasteiger partial charge in [-0.25, -0.2) is 18.3 Å². The number of nitrogens with one attached hydrogen (secondary N) is 1. The summed E-state index contributed by atoms with van der Waals surface area (Å²) in [5.41, 5.74) is 3.66. The molecule has 160 valence electrons. The van der Waals surface area contributed by atoms with Crippen molar-refractivity contribution in [2.45, 2.75) is 18.9 Å². The van der Waals surface area contributed by atoms with E-state index in [0.29, 0.717) is 42.5 Å². The Bertz CT molecular complexity index is 1410. The molecule has 1 atom stereocenters. The summed E-state index contributed by atoms with van der Waals surface area (Å²) >= 11 is 0. The minimum absolute atomic E-state index is 0.296. The van der Waals surface area contributed by atoms with Crippen LogP contribution in [0.4, 0.5) is 14.8 Å². The molecule has 32 heavy (non-hydrogen) atoms. The Morgan fingerprint density at radius 1 is 1.12 bits per heavy atom. The lowest BCUT2D eigenvalue weighted by atomic mass is 10.0. The van der Waals surface area contributed by atoms with Gasteiger partial charge in [-0.05, 0) is 35.9 Å². The van der Waals surface area contributed by atoms with Crippen LogP contribution in [0.5, 0.6) is 0 Å². The maximum absolute atomic E-state index is 14.3. The van der Waals surface area contributed by atoms with Crippen molar-refractivity contribution in [1.82, 2.24) is 29.8 Å². The summed E-state index contributed by atoms with van der Waals surface area (Å²) in [7, 11) is 0. The van der Waals surface area contributed by atoms with Gasteiger partial charge in [-0.3, -0.25) is 0 Å². The third kappa shape index (κ3) is 3.11. The van der Waals surface area contributed by atoms with Crippen LogP contribution in [-0.2, 0) is 12.8 Å². The fourth-order valence-corrected chi connectivity index (χ4v) is 4.12. The van der Waals surface area contributed by atoms with E-state index in [1.807, 2.05) is 4.90 Å². The molecule has 1 unspecified atom stereocenters. The largest absolute Gasteiger partial charge is 0.408 e. The first kappa shape index (κ1) is 18.7. The number of rotatable bonds is 4. The number of hydrogen-bond donors (Lipinski definition) is 1. The molecule has 0 aliphatic carbocycles. The topological polar surface area (TPSA) is 88.1 Å². The lowest BCUT2D eigenvalue weighted by Crippen LogP contribution is -2.36. The molecule has 4 aromatic heterocycles. The van der Waals surface area contributed by atoms with Crippen molar-refractivity contribution >= 4 is 11.5 Å². The third-order valence-corrected chi connectivity index (χ3v) is 5.64. The highest BCUT2D eigenvalue weighted by Crippen LogP contribution is 2.36. The molecule has 0 spiro atoms. The van der Waals surface area contributed by atoms with Crippen molar-refractivity contribution in [2.24, 2.45) is 0 Å². The van der Waals surface area contributed by atoms with E-state index in [1.54, 1.807) is 36.8 Å². The molecular formula is C22H17F2N7O. The number of anilines is 1. The maximum atomic E-state index is 14.3. The Balaban J connectivity index is 1.38. The molecular weight excluding hydrogens is 416 g/mol. The van der Waals surface area contributed by atoms with Crippen molar-refractivity contribution < 1.29 is 13.2 Å². The fourth-order valence-electron chi connectivity index (χ4n) is 4.12. The molecule has 0 fully saturated rings. The Morgan fingerprint density at radius 2 is 2.00 bits per heavy atom. The van der Waals surface area contributed by atoms with E-state index in [0.717, 1.165) is 17.0 Å². The van der Waals surface area contributed by atoms with Gasteiger partial charge < -0.3 is 14.3 Å². The zero-order chi connectivity index (χ0) is 21.7.